The minimum atomic E-state index is 0. The second kappa shape index (κ2) is 22.6. The van der Waals surface area contributed by atoms with Gasteiger partial charge < -0.3 is 0 Å². The van der Waals surface area contributed by atoms with Crippen molar-refractivity contribution in [3.05, 3.63) is 0 Å². The maximum absolute atomic E-state index is 0. The van der Waals surface area contributed by atoms with Crippen LogP contribution in [0.15, 0.2) is 0 Å². The Kier molecular flexibility index (Phi) is 252. The largest absolute Gasteiger partial charge is 0 e. The zero-order valence-electron chi connectivity index (χ0n) is 1.55. The van der Waals surface area contributed by atoms with E-state index in [1.165, 1.54) is 0 Å². The minimum absolute atomic E-state index is 0. The molecule has 0 spiro atoms. The van der Waals surface area contributed by atoms with Gasteiger partial charge in [-0.25, -0.2) is 0 Å². The molecule has 0 unspecified atom stereocenters. The number of rotatable bonds is 0. The van der Waals surface area contributed by atoms with Gasteiger partial charge in [0.1, 0.15) is 0 Å². The van der Waals surface area contributed by atoms with E-state index >= 15 is 0 Å². The van der Waals surface area contributed by atoms with Crippen LogP contribution in [0, 0.1) is 0 Å². The smallest absolute Gasteiger partial charge is 0 e. The normalized spacial score (nSPS) is 0. The molecule has 0 aromatic carbocycles. The van der Waals surface area contributed by atoms with Crippen LogP contribution in [0.5, 0.6) is 0 Å². The van der Waals surface area contributed by atoms with Crippen LogP contribution < -0.4 is 6.15 Å². The van der Waals surface area contributed by atoms with Crippen molar-refractivity contribution >= 4 is 0 Å². The molecule has 28 valence electrons. The van der Waals surface area contributed by atoms with Crippen molar-refractivity contribution in [2.24, 2.45) is 0 Å². The molecule has 0 N–H and O–H groups in total. The number of hydrogen-bond acceptors (Lipinski definition) is 0. The average molecular weight is 224 g/mol. The monoisotopic (exact) mass is 225 g/mol. The fourth-order valence-corrected chi connectivity index (χ4v) is 0. The molecule has 0 bridgehead atoms. The Labute approximate surface area is 60.5 Å². The fourth-order valence-electron chi connectivity index (χ4n) is 0. The molecule has 0 aliphatic rings. The third-order valence-corrected chi connectivity index (χ3v) is 0. The van der Waals surface area contributed by atoms with E-state index < -0.39 is 0 Å². The molecule has 0 aromatic heterocycles. The van der Waals surface area contributed by atoms with Gasteiger partial charge in [0.25, 0.3) is 0 Å². The predicted octanol–water partition coefficient (Wildman–Crippen LogP) is -0.488. The summed E-state index contributed by atoms with van der Waals surface area (Å²) >= 11 is 0. The second-order valence-electron chi connectivity index (χ2n) is 0. The molecule has 0 heterocycles. The van der Waals surface area contributed by atoms with Gasteiger partial charge in [-0.15, -0.1) is 0 Å². The van der Waals surface area contributed by atoms with Gasteiger partial charge in [-0.3, -0.25) is 0 Å². The maximum atomic E-state index is 0. The Morgan fingerprint density at radius 3 is 1.00 bits per heavy atom. The summed E-state index contributed by atoms with van der Waals surface area (Å²) in [5.74, 6) is 0. The van der Waals surface area contributed by atoms with Crippen LogP contribution in [0.1, 0.15) is 0 Å². The summed E-state index contributed by atoms with van der Waals surface area (Å²) in [6.45, 7) is 0. The van der Waals surface area contributed by atoms with Gasteiger partial charge in [-0.1, -0.05) is 0 Å². The topological polar surface area (TPSA) is 30.5 Å². The summed E-state index contributed by atoms with van der Waals surface area (Å²) in [5.41, 5.74) is 0. The molecular weight excluding hydrogens is 224 g/mol. The minimum Gasteiger partial charge on any atom is 0 e. The first-order valence-corrected chi connectivity index (χ1v) is 0. The molecule has 4 heavy (non-hydrogen) atoms. The molecule has 0 aromatic rings. The maximum Gasteiger partial charge on any atom is 0 e. The summed E-state index contributed by atoms with van der Waals surface area (Å²) in [7, 11) is 0. The quantitative estimate of drug-likeness (QED) is 0.497. The first kappa shape index (κ1) is 44.6. The molecule has 0 saturated heterocycles. The zero-order chi connectivity index (χ0) is 0. The van der Waals surface area contributed by atoms with E-state index in [0.29, 0.717) is 0 Å². The van der Waals surface area contributed by atoms with Gasteiger partial charge in [0, 0.05) is 60.8 Å². The predicted molar refractivity (Wildman–Crippen MR) is 2.13 cm³/mol. The summed E-state index contributed by atoms with van der Waals surface area (Å²) in [5, 5.41) is 0. The summed E-state index contributed by atoms with van der Waals surface area (Å²) in [6.07, 6.45) is 0. The van der Waals surface area contributed by atoms with Gasteiger partial charge in [-0.05, 0) is 0 Å². The molecular formula is MnMoNNi. The first-order chi connectivity index (χ1) is 0. The first-order valence-electron chi connectivity index (χ1n) is 0. The van der Waals surface area contributed by atoms with Crippen LogP contribution in [0.3, 0.4) is 0 Å². The molecule has 0 fully saturated rings. The molecule has 0 amide bonds. The van der Waals surface area contributed by atoms with Crippen molar-refractivity contribution in [2.45, 2.75) is 0 Å². The van der Waals surface area contributed by atoms with E-state index in [9.17, 15) is 0 Å². The molecule has 0 rings (SSSR count). The molecule has 4 heteroatoms. The van der Waals surface area contributed by atoms with Gasteiger partial charge in [-0.2, -0.15) is 0 Å². The third-order valence-electron chi connectivity index (χ3n) is 0. The molecule has 0 saturated carbocycles. The Balaban J connectivity index is 0. The summed E-state index contributed by atoms with van der Waals surface area (Å²) in [4.78, 5) is 0. The van der Waals surface area contributed by atoms with Crippen LogP contribution >= 0.6 is 0 Å². The summed E-state index contributed by atoms with van der Waals surface area (Å²) < 4.78 is 0. The number of nitrogens with zero attached hydrogens (tertiary/aromatic N) is 1. The molecule has 0 aliphatic carbocycles. The molecule has 0 aliphatic heterocycles. The Morgan fingerprint density at radius 1 is 1.00 bits per heavy atom. The van der Waals surface area contributed by atoms with Crippen molar-refractivity contribution in [1.29, 1.82) is 0 Å². The van der Waals surface area contributed by atoms with Crippen molar-refractivity contribution in [2.75, 3.05) is 0 Å². The summed E-state index contributed by atoms with van der Waals surface area (Å²) in [6, 6.07) is 0. The van der Waals surface area contributed by atoms with E-state index in [0.717, 1.165) is 0 Å². The van der Waals surface area contributed by atoms with Gasteiger partial charge in [0.15, 0.2) is 0 Å². The SMILES string of the molecule is [Mn].[Mo].[N].[Ni]. The second-order valence-corrected chi connectivity index (χ2v) is 0. The van der Waals surface area contributed by atoms with Crippen LogP contribution in [-0.2, 0) is 54.6 Å². The number of hydrogen-bond donors (Lipinski definition) is 0. The third kappa shape index (κ3) is 9.40. The Morgan fingerprint density at radius 2 is 1.00 bits per heavy atom. The molecule has 4 radical (unpaired) electrons. The molecule has 1 nitrogen and oxygen atoms in total. The van der Waals surface area contributed by atoms with Crippen molar-refractivity contribution in [1.82, 2.24) is 6.15 Å². The van der Waals surface area contributed by atoms with E-state index in [-0.39, 0.29) is 60.8 Å². The van der Waals surface area contributed by atoms with Crippen LogP contribution in [0.4, 0.5) is 0 Å². The van der Waals surface area contributed by atoms with E-state index in [1.807, 2.05) is 0 Å². The fraction of sp³-hybridized carbons (Fsp3) is 0. The van der Waals surface area contributed by atoms with E-state index in [4.69, 9.17) is 0 Å². The average Bonchev–Trinajstić information content (AvgIpc) is 0. The van der Waals surface area contributed by atoms with Gasteiger partial charge in [0.2, 0.25) is 0 Å². The molecule has 0 atom stereocenters. The van der Waals surface area contributed by atoms with Crippen LogP contribution in [0.2, 0.25) is 0 Å². The van der Waals surface area contributed by atoms with Crippen LogP contribution in [-0.4, -0.2) is 0 Å². The Bertz CT molecular complexity index is 8.00. The Hall–Kier alpha value is 1.66. The zero-order valence-corrected chi connectivity index (χ0v) is 5.72. The van der Waals surface area contributed by atoms with Crippen molar-refractivity contribution in [3.8, 4) is 0 Å². The standard InChI is InChI=1S/Mn.Mo.N.Ni. The van der Waals surface area contributed by atoms with E-state index in [1.54, 1.807) is 0 Å². The van der Waals surface area contributed by atoms with E-state index in [2.05, 4.69) is 0 Å². The van der Waals surface area contributed by atoms with Gasteiger partial charge in [0.05, 0.1) is 0 Å². The van der Waals surface area contributed by atoms with Crippen molar-refractivity contribution < 1.29 is 54.6 Å². The van der Waals surface area contributed by atoms with Crippen LogP contribution in [0.25, 0.3) is 0 Å². The van der Waals surface area contributed by atoms with Crippen molar-refractivity contribution in [3.63, 3.8) is 0 Å². The van der Waals surface area contributed by atoms with Gasteiger partial charge >= 0.3 is 0 Å².